The summed E-state index contributed by atoms with van der Waals surface area (Å²) >= 11 is 0. The Morgan fingerprint density at radius 1 is 1.30 bits per heavy atom. The Morgan fingerprint density at radius 2 is 1.96 bits per heavy atom. The van der Waals surface area contributed by atoms with E-state index in [9.17, 15) is 4.39 Å². The summed E-state index contributed by atoms with van der Waals surface area (Å²) in [5.74, 6) is 0.341. The molecule has 1 aliphatic carbocycles. The van der Waals surface area contributed by atoms with Crippen LogP contribution >= 0.6 is 12.4 Å². The molecule has 2 rings (SSSR count). The molecule has 0 spiro atoms. The topological polar surface area (TPSA) is 47.3 Å². The molecule has 1 atom stereocenters. The van der Waals surface area contributed by atoms with Crippen LogP contribution in [0.5, 0.6) is 5.75 Å². The van der Waals surface area contributed by atoms with Crippen molar-refractivity contribution in [3.05, 3.63) is 41.7 Å². The molecule has 3 N–H and O–H groups in total. The van der Waals surface area contributed by atoms with Gasteiger partial charge in [0.2, 0.25) is 0 Å². The third-order valence-corrected chi connectivity index (χ3v) is 4.19. The van der Waals surface area contributed by atoms with Crippen molar-refractivity contribution < 1.29 is 9.13 Å². The Morgan fingerprint density at radius 3 is 2.57 bits per heavy atom. The van der Waals surface area contributed by atoms with Gasteiger partial charge in [-0.3, -0.25) is 0 Å². The largest absolute Gasteiger partial charge is 0.487 e. The van der Waals surface area contributed by atoms with Crippen LogP contribution in [0, 0.1) is 0 Å². The first-order valence-electron chi connectivity index (χ1n) is 8.22. The summed E-state index contributed by atoms with van der Waals surface area (Å²) < 4.78 is 18.6. The SMILES string of the molecule is CC(NC1CCCCC1)c1ccc(OC/C(F)=C\CN)cc1.Cl. The highest BCUT2D eigenvalue weighted by molar-refractivity contribution is 5.85. The molecule has 0 amide bonds. The first-order chi connectivity index (χ1) is 10.7. The van der Waals surface area contributed by atoms with Gasteiger partial charge < -0.3 is 15.8 Å². The van der Waals surface area contributed by atoms with Crippen LogP contribution in [-0.4, -0.2) is 19.2 Å². The molecule has 1 saturated carbocycles. The van der Waals surface area contributed by atoms with Gasteiger partial charge in [0.25, 0.3) is 0 Å². The molecule has 0 heterocycles. The lowest BCUT2D eigenvalue weighted by Gasteiger charge is -2.27. The molecule has 1 aromatic carbocycles. The zero-order valence-corrected chi connectivity index (χ0v) is 14.6. The monoisotopic (exact) mass is 342 g/mol. The molecular weight excluding hydrogens is 315 g/mol. The average Bonchev–Trinajstić information content (AvgIpc) is 2.54. The number of nitrogens with one attached hydrogen (secondary N) is 1. The zero-order chi connectivity index (χ0) is 15.8. The number of hydrogen-bond acceptors (Lipinski definition) is 3. The van der Waals surface area contributed by atoms with Crippen LogP contribution in [-0.2, 0) is 0 Å². The molecule has 1 aliphatic rings. The Bertz CT molecular complexity index is 472. The highest BCUT2D eigenvalue weighted by atomic mass is 35.5. The maximum absolute atomic E-state index is 13.2. The lowest BCUT2D eigenvalue weighted by molar-refractivity contribution is 0.318. The molecular formula is C18H28ClFN2O. The molecule has 0 bridgehead atoms. The molecule has 0 saturated heterocycles. The van der Waals surface area contributed by atoms with Crippen molar-refractivity contribution in [2.75, 3.05) is 13.2 Å². The van der Waals surface area contributed by atoms with Crippen molar-refractivity contribution in [3.63, 3.8) is 0 Å². The van der Waals surface area contributed by atoms with Gasteiger partial charge in [-0.1, -0.05) is 31.4 Å². The molecule has 5 heteroatoms. The molecule has 0 aliphatic heterocycles. The summed E-state index contributed by atoms with van der Waals surface area (Å²) in [5.41, 5.74) is 6.48. The summed E-state index contributed by atoms with van der Waals surface area (Å²) in [7, 11) is 0. The van der Waals surface area contributed by atoms with Gasteiger partial charge in [-0.05, 0) is 43.5 Å². The minimum absolute atomic E-state index is 0. The molecule has 1 fully saturated rings. The second kappa shape index (κ2) is 10.6. The number of nitrogens with two attached hydrogens (primary N) is 1. The van der Waals surface area contributed by atoms with Gasteiger partial charge in [0, 0.05) is 18.6 Å². The van der Waals surface area contributed by atoms with E-state index in [1.54, 1.807) is 0 Å². The number of halogens is 2. The maximum atomic E-state index is 13.2. The molecule has 0 aromatic heterocycles. The first kappa shape index (κ1) is 19.9. The fourth-order valence-corrected chi connectivity index (χ4v) is 2.91. The van der Waals surface area contributed by atoms with Crippen molar-refractivity contribution in [3.8, 4) is 5.75 Å². The highest BCUT2D eigenvalue weighted by Crippen LogP contribution is 2.23. The van der Waals surface area contributed by atoms with Crippen molar-refractivity contribution in [1.82, 2.24) is 5.32 Å². The predicted molar refractivity (Wildman–Crippen MR) is 95.9 cm³/mol. The molecule has 130 valence electrons. The third kappa shape index (κ3) is 6.90. The second-order valence-corrected chi connectivity index (χ2v) is 5.97. The van der Waals surface area contributed by atoms with Crippen LogP contribution in [0.25, 0.3) is 0 Å². The smallest absolute Gasteiger partial charge is 0.139 e. The summed E-state index contributed by atoms with van der Waals surface area (Å²) in [4.78, 5) is 0. The van der Waals surface area contributed by atoms with E-state index in [2.05, 4.69) is 12.2 Å². The van der Waals surface area contributed by atoms with E-state index in [1.165, 1.54) is 43.7 Å². The number of benzene rings is 1. The molecule has 23 heavy (non-hydrogen) atoms. The van der Waals surface area contributed by atoms with E-state index in [1.807, 2.05) is 24.3 Å². The number of rotatable bonds is 7. The van der Waals surface area contributed by atoms with E-state index in [-0.39, 0.29) is 31.4 Å². The fourth-order valence-electron chi connectivity index (χ4n) is 2.91. The molecule has 1 unspecified atom stereocenters. The zero-order valence-electron chi connectivity index (χ0n) is 13.8. The van der Waals surface area contributed by atoms with Crippen LogP contribution in [0.2, 0.25) is 0 Å². The van der Waals surface area contributed by atoms with Crippen molar-refractivity contribution in [1.29, 1.82) is 0 Å². The Kier molecular flexibility index (Phi) is 9.22. The van der Waals surface area contributed by atoms with Gasteiger partial charge in [0.05, 0.1) is 0 Å². The number of ether oxygens (including phenoxy) is 1. The molecule has 1 aromatic rings. The van der Waals surface area contributed by atoms with Gasteiger partial charge in [-0.2, -0.15) is 0 Å². The normalized spacial score (nSPS) is 17.4. The summed E-state index contributed by atoms with van der Waals surface area (Å²) in [5, 5.41) is 3.70. The van der Waals surface area contributed by atoms with Crippen LogP contribution in [0.4, 0.5) is 4.39 Å². The third-order valence-electron chi connectivity index (χ3n) is 4.19. The number of hydrogen-bond donors (Lipinski definition) is 2. The predicted octanol–water partition coefficient (Wildman–Crippen LogP) is 4.28. The van der Waals surface area contributed by atoms with Gasteiger partial charge in [0.15, 0.2) is 0 Å². The Balaban J connectivity index is 0.00000264. The Labute approximate surface area is 144 Å². The van der Waals surface area contributed by atoms with E-state index < -0.39 is 0 Å². The maximum Gasteiger partial charge on any atom is 0.139 e. The summed E-state index contributed by atoms with van der Waals surface area (Å²) in [6, 6.07) is 8.83. The van der Waals surface area contributed by atoms with Gasteiger partial charge >= 0.3 is 0 Å². The summed E-state index contributed by atoms with van der Waals surface area (Å²) in [6.45, 7) is 2.32. The van der Waals surface area contributed by atoms with E-state index >= 15 is 0 Å². The summed E-state index contributed by atoms with van der Waals surface area (Å²) in [6.07, 6.45) is 7.91. The van der Waals surface area contributed by atoms with Gasteiger partial charge in [0.1, 0.15) is 18.2 Å². The molecule has 3 nitrogen and oxygen atoms in total. The fraction of sp³-hybridized carbons (Fsp3) is 0.556. The quantitative estimate of drug-likeness (QED) is 0.777. The van der Waals surface area contributed by atoms with Crippen LogP contribution in [0.15, 0.2) is 36.2 Å². The van der Waals surface area contributed by atoms with E-state index in [0.717, 1.165) is 0 Å². The van der Waals surface area contributed by atoms with Crippen LogP contribution in [0.3, 0.4) is 0 Å². The standard InChI is InChI=1S/C18H27FN2O.ClH/c1-14(21-17-5-3-2-4-6-17)15-7-9-18(10-8-15)22-13-16(19)11-12-20;/h7-11,14,17,21H,2-6,12-13,20H2,1H3;1H/b16-11+;. The molecule has 0 radical (unpaired) electrons. The minimum atomic E-state index is -0.334. The lowest BCUT2D eigenvalue weighted by Crippen LogP contribution is -2.33. The van der Waals surface area contributed by atoms with Crippen LogP contribution < -0.4 is 15.8 Å². The van der Waals surface area contributed by atoms with Crippen molar-refractivity contribution >= 4 is 12.4 Å². The average molecular weight is 343 g/mol. The van der Waals surface area contributed by atoms with Crippen molar-refractivity contribution in [2.24, 2.45) is 5.73 Å². The first-order valence-corrected chi connectivity index (χ1v) is 8.22. The van der Waals surface area contributed by atoms with Gasteiger partial charge in [-0.25, -0.2) is 4.39 Å². The van der Waals surface area contributed by atoms with Gasteiger partial charge in [-0.15, -0.1) is 12.4 Å². The Hall–Kier alpha value is -1.10. The van der Waals surface area contributed by atoms with Crippen LogP contribution in [0.1, 0.15) is 50.6 Å². The van der Waals surface area contributed by atoms with E-state index in [4.69, 9.17) is 10.5 Å². The highest BCUT2D eigenvalue weighted by Gasteiger charge is 2.16. The lowest BCUT2D eigenvalue weighted by atomic mass is 9.94. The van der Waals surface area contributed by atoms with Crippen molar-refractivity contribution in [2.45, 2.75) is 51.1 Å². The second-order valence-electron chi connectivity index (χ2n) is 5.97. The van der Waals surface area contributed by atoms with E-state index in [0.29, 0.717) is 17.8 Å². The minimum Gasteiger partial charge on any atom is -0.487 e.